The Labute approximate surface area is 161 Å². The Morgan fingerprint density at radius 3 is 2.50 bits per heavy atom. The maximum Gasteiger partial charge on any atom is 0.387 e. The molecule has 3 rings (SSSR count). The number of carbonyl (C=O) groups is 1. The zero-order chi connectivity index (χ0) is 20.5. The number of alkyl halides is 2. The van der Waals surface area contributed by atoms with Crippen LogP contribution in [0.25, 0.3) is 0 Å². The second kappa shape index (κ2) is 7.55. The van der Waals surface area contributed by atoms with E-state index in [1.54, 1.807) is 39.3 Å². The molecule has 1 heterocycles. The van der Waals surface area contributed by atoms with Gasteiger partial charge in [0.2, 0.25) is 0 Å². The highest BCUT2D eigenvalue weighted by Crippen LogP contribution is 2.41. The minimum Gasteiger partial charge on any atom is -0.435 e. The van der Waals surface area contributed by atoms with Crippen LogP contribution in [-0.4, -0.2) is 37.5 Å². The van der Waals surface area contributed by atoms with Crippen molar-refractivity contribution in [1.82, 2.24) is 4.90 Å². The summed E-state index contributed by atoms with van der Waals surface area (Å²) >= 11 is 0. The largest absolute Gasteiger partial charge is 0.435 e. The zero-order valence-corrected chi connectivity index (χ0v) is 15.8. The molecule has 28 heavy (non-hydrogen) atoms. The van der Waals surface area contributed by atoms with Gasteiger partial charge in [-0.25, -0.2) is 4.99 Å². The summed E-state index contributed by atoms with van der Waals surface area (Å²) in [7, 11) is 3.13. The van der Waals surface area contributed by atoms with E-state index >= 15 is 0 Å². The molecule has 0 unspecified atom stereocenters. The molecule has 1 aliphatic heterocycles. The molecule has 0 aliphatic carbocycles. The highest BCUT2D eigenvalue weighted by molar-refractivity contribution is 6.08. The predicted molar refractivity (Wildman–Crippen MR) is 100 cm³/mol. The first-order valence-corrected chi connectivity index (χ1v) is 8.57. The van der Waals surface area contributed by atoms with Crippen molar-refractivity contribution in [1.29, 1.82) is 0 Å². The topological polar surface area (TPSA) is 77.2 Å². The van der Waals surface area contributed by atoms with E-state index in [0.29, 0.717) is 23.3 Å². The number of methoxy groups -OCH3 is 1. The summed E-state index contributed by atoms with van der Waals surface area (Å²) in [4.78, 5) is 19.0. The minimum absolute atomic E-state index is 0.0396. The number of nitrogens with zero attached hydrogens (tertiary/aromatic N) is 2. The maximum atomic E-state index is 13.2. The number of likely N-dealkylation sites (N-methyl/N-ethyl adjacent to an activating group) is 1. The fourth-order valence-electron chi connectivity index (χ4n) is 3.34. The average Bonchev–Trinajstić information content (AvgIpc) is 2.88. The van der Waals surface area contributed by atoms with Crippen molar-refractivity contribution in [2.24, 2.45) is 10.7 Å². The van der Waals surface area contributed by atoms with Crippen molar-refractivity contribution in [2.75, 3.05) is 14.2 Å². The first-order valence-electron chi connectivity index (χ1n) is 8.57. The predicted octanol–water partition coefficient (Wildman–Crippen LogP) is 2.77. The third-order valence-electron chi connectivity index (χ3n) is 4.70. The maximum absolute atomic E-state index is 13.2. The van der Waals surface area contributed by atoms with Crippen LogP contribution in [0, 0.1) is 6.92 Å². The number of carbonyl (C=O) groups excluding carboxylic acids is 1. The molecular formula is C20H21F2N3O3. The second-order valence-corrected chi connectivity index (χ2v) is 6.54. The minimum atomic E-state index is -2.93. The van der Waals surface area contributed by atoms with Crippen LogP contribution in [0.2, 0.25) is 0 Å². The molecule has 0 spiro atoms. The molecule has 2 aromatic rings. The van der Waals surface area contributed by atoms with Gasteiger partial charge in [-0.3, -0.25) is 9.69 Å². The van der Waals surface area contributed by atoms with Crippen molar-refractivity contribution in [3.05, 3.63) is 64.7 Å². The lowest BCUT2D eigenvalue weighted by atomic mass is 9.81. The average molecular weight is 389 g/mol. The van der Waals surface area contributed by atoms with E-state index in [0.717, 1.165) is 5.56 Å². The number of hydrogen-bond donors (Lipinski definition) is 1. The number of aryl methyl sites for hydroxylation is 1. The van der Waals surface area contributed by atoms with Crippen LogP contribution in [0.3, 0.4) is 0 Å². The van der Waals surface area contributed by atoms with Crippen molar-refractivity contribution in [2.45, 2.75) is 25.7 Å². The number of nitrogens with two attached hydrogens (primary N) is 1. The van der Waals surface area contributed by atoms with Gasteiger partial charge >= 0.3 is 6.61 Å². The normalized spacial score (nSPS) is 19.3. The van der Waals surface area contributed by atoms with E-state index in [2.05, 4.69) is 9.73 Å². The number of benzene rings is 2. The van der Waals surface area contributed by atoms with E-state index < -0.39 is 12.2 Å². The summed E-state index contributed by atoms with van der Waals surface area (Å²) in [5, 5.41) is 0. The number of halogens is 2. The van der Waals surface area contributed by atoms with Gasteiger partial charge in [0.1, 0.15) is 5.75 Å². The highest BCUT2D eigenvalue weighted by Gasteiger charge is 2.49. The van der Waals surface area contributed by atoms with E-state index in [1.807, 2.05) is 18.2 Å². The van der Waals surface area contributed by atoms with Crippen LogP contribution in [0.4, 0.5) is 8.78 Å². The van der Waals surface area contributed by atoms with Gasteiger partial charge in [0.15, 0.2) is 11.5 Å². The smallest absolute Gasteiger partial charge is 0.387 e. The van der Waals surface area contributed by atoms with Gasteiger partial charge in [-0.15, -0.1) is 0 Å². The summed E-state index contributed by atoms with van der Waals surface area (Å²) in [6.45, 7) is -0.933. The van der Waals surface area contributed by atoms with Gasteiger partial charge in [0.05, 0.1) is 6.61 Å². The lowest BCUT2D eigenvalue weighted by Gasteiger charge is -2.27. The van der Waals surface area contributed by atoms with Crippen LogP contribution >= 0.6 is 0 Å². The molecule has 0 saturated heterocycles. The standard InChI is InChI=1S/C20H21F2N3O3/c1-12-9-15(7-8-16(12)28-18(21)22)20(17(26)25(2)19(23)24-20)14-6-4-5-13(10-14)11-27-3/h4-10,18H,11H2,1-3H3,(H2,23,24)/t20-/m1/s1. The van der Waals surface area contributed by atoms with Gasteiger partial charge in [-0.1, -0.05) is 30.3 Å². The van der Waals surface area contributed by atoms with E-state index in [9.17, 15) is 13.6 Å². The first kappa shape index (κ1) is 19.8. The van der Waals surface area contributed by atoms with E-state index in [-0.39, 0.29) is 17.6 Å². The van der Waals surface area contributed by atoms with Crippen LogP contribution in [0.5, 0.6) is 5.75 Å². The number of amides is 1. The summed E-state index contributed by atoms with van der Waals surface area (Å²) < 4.78 is 34.9. The Morgan fingerprint density at radius 2 is 1.93 bits per heavy atom. The van der Waals surface area contributed by atoms with E-state index in [1.165, 1.54) is 11.0 Å². The lowest BCUT2D eigenvalue weighted by molar-refractivity contribution is -0.129. The SMILES string of the molecule is COCc1cccc([C@]2(c3ccc(OC(F)F)c(C)c3)N=C(N)N(C)C2=O)c1. The molecule has 1 aliphatic rings. The van der Waals surface area contributed by atoms with Crippen LogP contribution in [0.15, 0.2) is 47.5 Å². The summed E-state index contributed by atoms with van der Waals surface area (Å²) in [5.74, 6) is -0.216. The van der Waals surface area contributed by atoms with Crippen molar-refractivity contribution < 1.29 is 23.0 Å². The fraction of sp³-hybridized carbons (Fsp3) is 0.300. The number of rotatable bonds is 6. The van der Waals surface area contributed by atoms with Gasteiger partial charge < -0.3 is 15.2 Å². The molecule has 0 radical (unpaired) electrons. The third kappa shape index (κ3) is 3.31. The lowest BCUT2D eigenvalue weighted by Crippen LogP contribution is -2.41. The molecule has 0 bridgehead atoms. The monoisotopic (exact) mass is 389 g/mol. The van der Waals surface area contributed by atoms with Crippen molar-refractivity contribution in [3.8, 4) is 5.75 Å². The molecule has 1 atom stereocenters. The number of guanidine groups is 1. The quantitative estimate of drug-likeness (QED) is 0.824. The molecule has 8 heteroatoms. The van der Waals surface area contributed by atoms with Crippen molar-refractivity contribution in [3.63, 3.8) is 0 Å². The van der Waals surface area contributed by atoms with Gasteiger partial charge in [0, 0.05) is 14.2 Å². The number of aliphatic imine (C=N–C) groups is 1. The van der Waals surface area contributed by atoms with Crippen LogP contribution in [0.1, 0.15) is 22.3 Å². The highest BCUT2D eigenvalue weighted by atomic mass is 19.3. The van der Waals surface area contributed by atoms with Gasteiger partial charge in [-0.05, 0) is 41.3 Å². The van der Waals surface area contributed by atoms with Crippen LogP contribution in [-0.2, 0) is 21.7 Å². The molecular weight excluding hydrogens is 368 g/mol. The molecule has 0 saturated carbocycles. The summed E-state index contributed by atoms with van der Waals surface area (Å²) in [5.41, 5.74) is 7.00. The Kier molecular flexibility index (Phi) is 5.33. The number of ether oxygens (including phenoxy) is 2. The molecule has 6 nitrogen and oxygen atoms in total. The van der Waals surface area contributed by atoms with Crippen LogP contribution < -0.4 is 10.5 Å². The molecule has 0 fully saturated rings. The summed E-state index contributed by atoms with van der Waals surface area (Å²) in [6.07, 6.45) is 0. The third-order valence-corrected chi connectivity index (χ3v) is 4.70. The fourth-order valence-corrected chi connectivity index (χ4v) is 3.34. The Bertz CT molecular complexity index is 933. The number of hydrogen-bond acceptors (Lipinski definition) is 5. The summed E-state index contributed by atoms with van der Waals surface area (Å²) in [6, 6.07) is 11.9. The van der Waals surface area contributed by atoms with Gasteiger partial charge in [-0.2, -0.15) is 8.78 Å². The molecule has 2 N–H and O–H groups in total. The zero-order valence-electron chi connectivity index (χ0n) is 15.8. The van der Waals surface area contributed by atoms with Gasteiger partial charge in [0.25, 0.3) is 5.91 Å². The van der Waals surface area contributed by atoms with Crippen molar-refractivity contribution >= 4 is 11.9 Å². The van der Waals surface area contributed by atoms with E-state index in [4.69, 9.17) is 10.5 Å². The molecule has 2 aromatic carbocycles. The first-order chi connectivity index (χ1) is 13.3. The Balaban J connectivity index is 2.18. The molecule has 148 valence electrons. The Morgan fingerprint density at radius 1 is 1.21 bits per heavy atom. The molecule has 1 amide bonds. The molecule has 0 aromatic heterocycles. The second-order valence-electron chi connectivity index (χ2n) is 6.54. The Hall–Kier alpha value is -3.00.